The average molecular weight is 503 g/mol. The minimum Gasteiger partial charge on any atom is -0.496 e. The lowest BCUT2D eigenvalue weighted by Gasteiger charge is -2.33. The number of methoxy groups -OCH3 is 1. The summed E-state index contributed by atoms with van der Waals surface area (Å²) in [6.07, 6.45) is 0.911. The molecule has 0 saturated carbocycles. The topological polar surface area (TPSA) is 52.1 Å². The van der Waals surface area contributed by atoms with Crippen LogP contribution < -0.4 is 15.4 Å². The fourth-order valence-corrected chi connectivity index (χ4v) is 3.39. The van der Waals surface area contributed by atoms with Crippen molar-refractivity contribution in [1.29, 1.82) is 0 Å². The van der Waals surface area contributed by atoms with Crippen LogP contribution in [0.1, 0.15) is 25.0 Å². The molecule has 1 aliphatic heterocycles. The van der Waals surface area contributed by atoms with Crippen molar-refractivity contribution in [2.45, 2.75) is 27.2 Å². The molecular weight excluding hydrogens is 465 g/mol. The van der Waals surface area contributed by atoms with Gasteiger partial charge in [-0.2, -0.15) is 0 Å². The van der Waals surface area contributed by atoms with Gasteiger partial charge in [0.25, 0.3) is 0 Å². The van der Waals surface area contributed by atoms with Crippen molar-refractivity contribution in [2.75, 3.05) is 66.0 Å². The zero-order chi connectivity index (χ0) is 19.5. The number of nitrogens with one attached hydrogen (secondary N) is 2. The summed E-state index contributed by atoms with van der Waals surface area (Å²) in [5, 5.41) is 6.79. The fraction of sp³-hybridized carbons (Fsp3) is 0.667. The van der Waals surface area contributed by atoms with Crippen molar-refractivity contribution in [3.05, 3.63) is 29.3 Å². The summed E-state index contributed by atoms with van der Waals surface area (Å²) in [7, 11) is 1.73. The Bertz CT molecular complexity index is 588. The number of guanidine groups is 1. The van der Waals surface area contributed by atoms with E-state index in [-0.39, 0.29) is 24.0 Å². The molecule has 0 atom stereocenters. The van der Waals surface area contributed by atoms with Crippen LogP contribution in [0.15, 0.2) is 23.2 Å². The highest BCUT2D eigenvalue weighted by Gasteiger charge is 2.14. The van der Waals surface area contributed by atoms with Gasteiger partial charge in [0.05, 0.1) is 13.7 Å². The number of nitrogens with zero attached hydrogens (tertiary/aromatic N) is 3. The third kappa shape index (κ3) is 8.53. The van der Waals surface area contributed by atoms with E-state index >= 15 is 0 Å². The van der Waals surface area contributed by atoms with Crippen molar-refractivity contribution in [1.82, 2.24) is 20.4 Å². The van der Waals surface area contributed by atoms with E-state index in [1.165, 1.54) is 24.2 Å². The number of rotatable bonds is 9. The van der Waals surface area contributed by atoms with Gasteiger partial charge in [0.2, 0.25) is 0 Å². The number of hydrogen-bond donors (Lipinski definition) is 2. The quantitative estimate of drug-likeness (QED) is 0.308. The Morgan fingerprint density at radius 2 is 1.82 bits per heavy atom. The first-order valence-corrected chi connectivity index (χ1v) is 10.3. The normalized spacial score (nSPS) is 15.8. The highest BCUT2D eigenvalue weighted by molar-refractivity contribution is 14.0. The molecule has 28 heavy (non-hydrogen) atoms. The van der Waals surface area contributed by atoms with Gasteiger partial charge in [0.15, 0.2) is 5.96 Å². The molecule has 7 heteroatoms. The monoisotopic (exact) mass is 503 g/mol. The Kier molecular flexibility index (Phi) is 12.5. The molecule has 0 spiro atoms. The molecule has 0 bridgehead atoms. The number of hydrogen-bond acceptors (Lipinski definition) is 4. The van der Waals surface area contributed by atoms with Gasteiger partial charge >= 0.3 is 0 Å². The lowest BCUT2D eigenvalue weighted by atomic mass is 10.1. The van der Waals surface area contributed by atoms with E-state index in [0.717, 1.165) is 63.9 Å². The van der Waals surface area contributed by atoms with E-state index < -0.39 is 0 Å². The molecule has 6 nitrogen and oxygen atoms in total. The van der Waals surface area contributed by atoms with Crippen LogP contribution >= 0.6 is 24.0 Å². The average Bonchev–Trinajstić information content (AvgIpc) is 2.68. The van der Waals surface area contributed by atoms with Crippen LogP contribution in [0.25, 0.3) is 0 Å². The number of likely N-dealkylation sites (N-methyl/N-ethyl adjacent to an activating group) is 1. The number of aryl methyl sites for hydroxylation is 1. The van der Waals surface area contributed by atoms with E-state index in [9.17, 15) is 0 Å². The predicted octanol–water partition coefficient (Wildman–Crippen LogP) is 2.36. The smallest absolute Gasteiger partial charge is 0.191 e. The van der Waals surface area contributed by atoms with Gasteiger partial charge in [-0.1, -0.05) is 24.6 Å². The molecule has 0 aromatic heterocycles. The van der Waals surface area contributed by atoms with Gasteiger partial charge in [-0.15, -0.1) is 24.0 Å². The van der Waals surface area contributed by atoms with Crippen LogP contribution in [-0.2, 0) is 6.42 Å². The standard InChI is InChI=1S/C21H37N5O.HI/c1-5-22-21(24-11-12-26-15-13-25(6-2)14-16-26)23-10-9-19-17-18(3)7-8-20(19)27-4;/h7-8,17H,5-6,9-16H2,1-4H3,(H2,22,23,24);1H. The molecule has 1 heterocycles. The van der Waals surface area contributed by atoms with Crippen LogP contribution in [0.3, 0.4) is 0 Å². The van der Waals surface area contributed by atoms with Crippen molar-refractivity contribution >= 4 is 29.9 Å². The van der Waals surface area contributed by atoms with Crippen LogP contribution in [0, 0.1) is 6.92 Å². The summed E-state index contributed by atoms with van der Waals surface area (Å²) < 4.78 is 5.47. The first-order valence-electron chi connectivity index (χ1n) is 10.3. The minimum atomic E-state index is 0. The predicted molar refractivity (Wildman–Crippen MR) is 129 cm³/mol. The summed E-state index contributed by atoms with van der Waals surface area (Å²) in [6.45, 7) is 15.8. The molecule has 0 radical (unpaired) electrons. The van der Waals surface area contributed by atoms with E-state index in [4.69, 9.17) is 9.73 Å². The third-order valence-corrected chi connectivity index (χ3v) is 5.07. The number of halogens is 1. The van der Waals surface area contributed by atoms with Crippen molar-refractivity contribution in [3.8, 4) is 5.75 Å². The molecule has 1 aliphatic rings. The summed E-state index contributed by atoms with van der Waals surface area (Å²) in [6, 6.07) is 6.32. The van der Waals surface area contributed by atoms with Gasteiger partial charge in [0, 0.05) is 45.8 Å². The molecule has 1 aromatic carbocycles. The minimum absolute atomic E-state index is 0. The molecule has 0 unspecified atom stereocenters. The highest BCUT2D eigenvalue weighted by atomic mass is 127. The van der Waals surface area contributed by atoms with E-state index in [2.05, 4.69) is 53.3 Å². The van der Waals surface area contributed by atoms with Crippen molar-refractivity contribution in [2.24, 2.45) is 4.99 Å². The van der Waals surface area contributed by atoms with Crippen LogP contribution in [0.5, 0.6) is 5.75 Å². The van der Waals surface area contributed by atoms with Crippen molar-refractivity contribution < 1.29 is 4.74 Å². The second-order valence-electron chi connectivity index (χ2n) is 7.03. The molecule has 160 valence electrons. The number of benzene rings is 1. The first-order chi connectivity index (χ1) is 13.2. The Morgan fingerprint density at radius 1 is 1.11 bits per heavy atom. The Balaban J connectivity index is 0.00000392. The molecule has 2 rings (SSSR count). The lowest BCUT2D eigenvalue weighted by molar-refractivity contribution is 0.140. The fourth-order valence-electron chi connectivity index (χ4n) is 3.39. The van der Waals surface area contributed by atoms with Crippen LogP contribution in [0.2, 0.25) is 0 Å². The number of piperazine rings is 1. The highest BCUT2D eigenvalue weighted by Crippen LogP contribution is 2.19. The number of ether oxygens (including phenoxy) is 1. The van der Waals surface area contributed by atoms with Gasteiger partial charge in [0.1, 0.15) is 5.75 Å². The lowest BCUT2D eigenvalue weighted by Crippen LogP contribution is -2.47. The zero-order valence-electron chi connectivity index (χ0n) is 18.0. The van der Waals surface area contributed by atoms with Gasteiger partial charge < -0.3 is 20.3 Å². The van der Waals surface area contributed by atoms with E-state index in [1.807, 2.05) is 6.07 Å². The molecule has 0 aliphatic carbocycles. The largest absolute Gasteiger partial charge is 0.496 e. The maximum Gasteiger partial charge on any atom is 0.191 e. The van der Waals surface area contributed by atoms with Crippen molar-refractivity contribution in [3.63, 3.8) is 0 Å². The molecule has 1 saturated heterocycles. The summed E-state index contributed by atoms with van der Waals surface area (Å²) in [5.41, 5.74) is 2.49. The second-order valence-corrected chi connectivity index (χ2v) is 7.03. The van der Waals surface area contributed by atoms with Crippen LogP contribution in [-0.4, -0.2) is 81.8 Å². The van der Waals surface area contributed by atoms with Gasteiger partial charge in [-0.25, -0.2) is 0 Å². The Morgan fingerprint density at radius 3 is 2.46 bits per heavy atom. The summed E-state index contributed by atoms with van der Waals surface area (Å²) in [5.74, 6) is 1.85. The van der Waals surface area contributed by atoms with E-state index in [0.29, 0.717) is 0 Å². The first kappa shape index (κ1) is 25.0. The van der Waals surface area contributed by atoms with Crippen LogP contribution in [0.4, 0.5) is 0 Å². The SMILES string of the molecule is CCNC(=NCCN1CCN(CC)CC1)NCCc1cc(C)ccc1OC.I. The summed E-state index contributed by atoms with van der Waals surface area (Å²) in [4.78, 5) is 9.76. The molecular formula is C21H38IN5O. The second kappa shape index (κ2) is 14.0. The summed E-state index contributed by atoms with van der Waals surface area (Å²) >= 11 is 0. The number of aliphatic imine (C=N–C) groups is 1. The van der Waals surface area contributed by atoms with Gasteiger partial charge in [-0.05, 0) is 38.4 Å². The molecule has 1 aromatic rings. The van der Waals surface area contributed by atoms with E-state index in [1.54, 1.807) is 7.11 Å². The van der Waals surface area contributed by atoms with Gasteiger partial charge in [-0.3, -0.25) is 9.89 Å². The Labute approximate surface area is 188 Å². The molecule has 2 N–H and O–H groups in total. The third-order valence-electron chi connectivity index (χ3n) is 5.07. The molecule has 1 fully saturated rings. The maximum absolute atomic E-state index is 5.47. The molecule has 0 amide bonds. The maximum atomic E-state index is 5.47. The zero-order valence-corrected chi connectivity index (χ0v) is 20.3. The Hall–Kier alpha value is -1.06.